The highest BCUT2D eigenvalue weighted by atomic mass is 28.4. The van der Waals surface area contributed by atoms with Gasteiger partial charge in [-0.15, -0.1) is 0 Å². The molecule has 1 heterocycles. The summed E-state index contributed by atoms with van der Waals surface area (Å²) in [5, 5.41) is 0. The van der Waals surface area contributed by atoms with Gasteiger partial charge in [0.25, 0.3) is 0 Å². The Bertz CT molecular complexity index is 479. The fourth-order valence-electron chi connectivity index (χ4n) is 1.30. The highest BCUT2D eigenvalue weighted by Crippen LogP contribution is 2.16. The zero-order valence-corrected chi connectivity index (χ0v) is 10.2. The average Bonchev–Trinajstić information content (AvgIpc) is 2.15. The Morgan fingerprint density at radius 2 is 1.73 bits per heavy atom. The standard InChI is InChI=1S/C11H14N2OSi/c1-15(2,3)14-11-8-12-9-6-4-5-7-10(9)13-11/h4-8H,1-3H3. The van der Waals surface area contributed by atoms with Gasteiger partial charge in [-0.2, -0.15) is 0 Å². The summed E-state index contributed by atoms with van der Waals surface area (Å²) in [5.74, 6) is 0.632. The van der Waals surface area contributed by atoms with E-state index < -0.39 is 8.32 Å². The molecule has 2 rings (SSSR count). The highest BCUT2D eigenvalue weighted by Gasteiger charge is 2.17. The van der Waals surface area contributed by atoms with Crippen molar-refractivity contribution in [2.45, 2.75) is 19.6 Å². The minimum Gasteiger partial charge on any atom is -0.530 e. The maximum absolute atomic E-state index is 5.78. The van der Waals surface area contributed by atoms with Gasteiger partial charge in [-0.1, -0.05) is 12.1 Å². The molecule has 0 aliphatic carbocycles. The molecule has 0 N–H and O–H groups in total. The molecule has 0 radical (unpaired) electrons. The lowest BCUT2D eigenvalue weighted by molar-refractivity contribution is 0.534. The van der Waals surface area contributed by atoms with Crippen molar-refractivity contribution in [2.75, 3.05) is 0 Å². The van der Waals surface area contributed by atoms with Gasteiger partial charge in [-0.25, -0.2) is 9.97 Å². The molecule has 1 aromatic carbocycles. The molecule has 0 amide bonds. The topological polar surface area (TPSA) is 35.0 Å². The van der Waals surface area contributed by atoms with Crippen molar-refractivity contribution < 1.29 is 4.43 Å². The summed E-state index contributed by atoms with van der Waals surface area (Å²) in [7, 11) is -1.59. The monoisotopic (exact) mass is 218 g/mol. The van der Waals surface area contributed by atoms with Gasteiger partial charge in [0.2, 0.25) is 14.2 Å². The fourth-order valence-corrected chi connectivity index (χ4v) is 2.03. The van der Waals surface area contributed by atoms with Crippen LogP contribution in [0.5, 0.6) is 5.88 Å². The smallest absolute Gasteiger partial charge is 0.244 e. The SMILES string of the molecule is C[Si](C)(C)Oc1cnc2ccccc2n1. The second-order valence-corrected chi connectivity index (χ2v) is 8.84. The molecule has 0 fully saturated rings. The zero-order chi connectivity index (χ0) is 10.9. The first-order chi connectivity index (χ1) is 7.04. The van der Waals surface area contributed by atoms with Crippen LogP contribution in [-0.2, 0) is 0 Å². The fraction of sp³-hybridized carbons (Fsp3) is 0.273. The van der Waals surface area contributed by atoms with E-state index in [4.69, 9.17) is 4.43 Å². The van der Waals surface area contributed by atoms with E-state index in [1.165, 1.54) is 0 Å². The van der Waals surface area contributed by atoms with Crippen molar-refractivity contribution in [3.05, 3.63) is 30.5 Å². The Hall–Kier alpha value is -1.42. The normalized spacial score (nSPS) is 11.7. The van der Waals surface area contributed by atoms with Crippen molar-refractivity contribution in [3.8, 4) is 5.88 Å². The van der Waals surface area contributed by atoms with E-state index in [1.807, 2.05) is 24.3 Å². The molecule has 2 aromatic rings. The number of hydrogen-bond donors (Lipinski definition) is 0. The van der Waals surface area contributed by atoms with E-state index in [0.717, 1.165) is 11.0 Å². The first-order valence-electron chi connectivity index (χ1n) is 4.95. The molecule has 0 bridgehead atoms. The Kier molecular flexibility index (Phi) is 2.44. The summed E-state index contributed by atoms with van der Waals surface area (Å²) in [6, 6.07) is 7.80. The Balaban J connectivity index is 2.39. The summed E-state index contributed by atoms with van der Waals surface area (Å²) in [4.78, 5) is 8.71. The second-order valence-electron chi connectivity index (χ2n) is 4.41. The molecule has 0 saturated heterocycles. The maximum atomic E-state index is 5.78. The van der Waals surface area contributed by atoms with Gasteiger partial charge in [0.1, 0.15) is 0 Å². The third-order valence-corrected chi connectivity index (χ3v) is 2.66. The van der Waals surface area contributed by atoms with Crippen LogP contribution in [0.15, 0.2) is 30.5 Å². The third-order valence-electron chi connectivity index (χ3n) is 1.84. The van der Waals surface area contributed by atoms with E-state index >= 15 is 0 Å². The minimum absolute atomic E-state index is 0.632. The molecule has 0 aliphatic rings. The van der Waals surface area contributed by atoms with Crippen LogP contribution in [-0.4, -0.2) is 18.3 Å². The van der Waals surface area contributed by atoms with Crippen LogP contribution in [0.25, 0.3) is 11.0 Å². The first kappa shape index (κ1) is 10.1. The van der Waals surface area contributed by atoms with Crippen molar-refractivity contribution in [1.82, 2.24) is 9.97 Å². The van der Waals surface area contributed by atoms with Crippen LogP contribution in [0.3, 0.4) is 0 Å². The quantitative estimate of drug-likeness (QED) is 0.727. The molecule has 0 atom stereocenters. The van der Waals surface area contributed by atoms with E-state index in [2.05, 4.69) is 29.6 Å². The summed E-state index contributed by atoms with van der Waals surface area (Å²) in [6.45, 7) is 6.39. The molecule has 1 aromatic heterocycles. The van der Waals surface area contributed by atoms with Gasteiger partial charge in [-0.3, -0.25) is 0 Å². The van der Waals surface area contributed by atoms with Crippen LogP contribution in [0.4, 0.5) is 0 Å². The highest BCUT2D eigenvalue weighted by molar-refractivity contribution is 6.70. The predicted molar refractivity (Wildman–Crippen MR) is 63.5 cm³/mol. The van der Waals surface area contributed by atoms with Gasteiger partial charge < -0.3 is 4.43 Å². The lowest BCUT2D eigenvalue weighted by Crippen LogP contribution is -2.29. The lowest BCUT2D eigenvalue weighted by Gasteiger charge is -2.17. The molecule has 3 nitrogen and oxygen atoms in total. The lowest BCUT2D eigenvalue weighted by atomic mass is 10.3. The van der Waals surface area contributed by atoms with Crippen molar-refractivity contribution >= 4 is 19.4 Å². The number of aromatic nitrogens is 2. The zero-order valence-electron chi connectivity index (χ0n) is 9.19. The van der Waals surface area contributed by atoms with Gasteiger partial charge in [0.15, 0.2) is 0 Å². The van der Waals surface area contributed by atoms with Crippen molar-refractivity contribution in [3.63, 3.8) is 0 Å². The number of fused-ring (bicyclic) bond motifs is 1. The molecule has 0 saturated carbocycles. The van der Waals surface area contributed by atoms with Crippen molar-refractivity contribution in [2.24, 2.45) is 0 Å². The largest absolute Gasteiger partial charge is 0.530 e. The molecular weight excluding hydrogens is 204 g/mol. The number of rotatable bonds is 2. The van der Waals surface area contributed by atoms with Crippen LogP contribution in [0.1, 0.15) is 0 Å². The van der Waals surface area contributed by atoms with E-state index in [9.17, 15) is 0 Å². The van der Waals surface area contributed by atoms with Crippen LogP contribution >= 0.6 is 0 Å². The van der Waals surface area contributed by atoms with E-state index in [-0.39, 0.29) is 0 Å². The van der Waals surface area contributed by atoms with Gasteiger partial charge in [-0.05, 0) is 31.8 Å². The molecular formula is C11H14N2OSi. The average molecular weight is 218 g/mol. The molecule has 0 aliphatic heterocycles. The maximum Gasteiger partial charge on any atom is 0.244 e. The van der Waals surface area contributed by atoms with Crippen LogP contribution in [0, 0.1) is 0 Å². The molecule has 15 heavy (non-hydrogen) atoms. The van der Waals surface area contributed by atoms with Gasteiger partial charge >= 0.3 is 0 Å². The van der Waals surface area contributed by atoms with Crippen LogP contribution < -0.4 is 4.43 Å². The molecule has 0 unspecified atom stereocenters. The summed E-state index contributed by atoms with van der Waals surface area (Å²) >= 11 is 0. The Labute approximate surface area is 90.3 Å². The molecule has 78 valence electrons. The third kappa shape index (κ3) is 2.53. The van der Waals surface area contributed by atoms with Crippen LogP contribution in [0.2, 0.25) is 19.6 Å². The number of benzene rings is 1. The van der Waals surface area contributed by atoms with Crippen molar-refractivity contribution in [1.29, 1.82) is 0 Å². The van der Waals surface area contributed by atoms with E-state index in [0.29, 0.717) is 5.88 Å². The predicted octanol–water partition coefficient (Wildman–Crippen LogP) is 2.84. The number of para-hydroxylation sites is 2. The summed E-state index contributed by atoms with van der Waals surface area (Å²) in [5.41, 5.74) is 1.79. The summed E-state index contributed by atoms with van der Waals surface area (Å²) in [6.07, 6.45) is 1.70. The Morgan fingerprint density at radius 1 is 1.07 bits per heavy atom. The minimum atomic E-state index is -1.59. The summed E-state index contributed by atoms with van der Waals surface area (Å²) < 4.78 is 5.78. The number of nitrogens with zero attached hydrogens (tertiary/aromatic N) is 2. The second kappa shape index (κ2) is 3.62. The van der Waals surface area contributed by atoms with Gasteiger partial charge in [0.05, 0.1) is 17.2 Å². The molecule has 0 spiro atoms. The molecule has 4 heteroatoms. The van der Waals surface area contributed by atoms with E-state index in [1.54, 1.807) is 6.20 Å². The first-order valence-corrected chi connectivity index (χ1v) is 8.36. The number of hydrogen-bond acceptors (Lipinski definition) is 3. The van der Waals surface area contributed by atoms with Gasteiger partial charge in [0, 0.05) is 0 Å². The Morgan fingerprint density at radius 3 is 2.40 bits per heavy atom.